The van der Waals surface area contributed by atoms with Gasteiger partial charge in [-0.1, -0.05) is 40.3 Å². The van der Waals surface area contributed by atoms with Gasteiger partial charge in [-0.15, -0.1) is 11.8 Å². The average Bonchev–Trinajstić information content (AvgIpc) is 3.35. The van der Waals surface area contributed by atoms with E-state index in [-0.39, 0.29) is 0 Å². The number of hydrogen-bond donors (Lipinski definition) is 0. The molecule has 4 nitrogen and oxygen atoms in total. The van der Waals surface area contributed by atoms with Crippen LogP contribution in [0.1, 0.15) is 5.56 Å². The van der Waals surface area contributed by atoms with Gasteiger partial charge < -0.3 is 9.80 Å². The number of fused-ring (bicyclic) bond motifs is 2. The van der Waals surface area contributed by atoms with Gasteiger partial charge >= 0.3 is 0 Å². The predicted octanol–water partition coefficient (Wildman–Crippen LogP) is 5.92. The lowest BCUT2D eigenvalue weighted by molar-refractivity contribution is 0.651. The Hall–Kier alpha value is -1.54. The number of hydrogen-bond acceptors (Lipinski definition) is 7. The summed E-state index contributed by atoms with van der Waals surface area (Å²) >= 11 is 11.6. The third-order valence-corrected chi connectivity index (χ3v) is 8.49. The van der Waals surface area contributed by atoms with E-state index in [2.05, 4.69) is 40.3 Å². The number of benzene rings is 2. The predicted molar refractivity (Wildman–Crippen MR) is 125 cm³/mol. The Morgan fingerprint density at radius 3 is 2.14 bits per heavy atom. The molecule has 3 heterocycles. The van der Waals surface area contributed by atoms with Gasteiger partial charge in [-0.05, 0) is 43.0 Å². The molecule has 0 bridgehead atoms. The molecular weight excluding hydrogens is 428 g/mol. The maximum atomic E-state index is 6.26. The Morgan fingerprint density at radius 1 is 0.893 bits per heavy atom. The number of halogens is 1. The van der Waals surface area contributed by atoms with Gasteiger partial charge in [-0.2, -0.15) is 0 Å². The molecule has 4 aromatic rings. The molecule has 1 saturated heterocycles. The molecule has 0 amide bonds. The summed E-state index contributed by atoms with van der Waals surface area (Å²) in [6, 6.07) is 10.5. The van der Waals surface area contributed by atoms with E-state index >= 15 is 0 Å². The van der Waals surface area contributed by atoms with Crippen LogP contribution >= 0.6 is 46.0 Å². The highest BCUT2D eigenvalue weighted by molar-refractivity contribution is 7.98. The third kappa shape index (κ3) is 3.14. The van der Waals surface area contributed by atoms with Crippen molar-refractivity contribution in [3.63, 3.8) is 0 Å². The van der Waals surface area contributed by atoms with Crippen molar-refractivity contribution in [2.75, 3.05) is 42.2 Å². The van der Waals surface area contributed by atoms with E-state index in [4.69, 9.17) is 21.6 Å². The first kappa shape index (κ1) is 18.5. The van der Waals surface area contributed by atoms with Crippen molar-refractivity contribution in [1.82, 2.24) is 9.97 Å². The number of thiazole rings is 2. The summed E-state index contributed by atoms with van der Waals surface area (Å²) in [7, 11) is 0. The smallest absolute Gasteiger partial charge is 0.186 e. The molecule has 28 heavy (non-hydrogen) atoms. The minimum Gasteiger partial charge on any atom is -0.345 e. The second-order valence-electron chi connectivity index (χ2n) is 6.79. The van der Waals surface area contributed by atoms with E-state index in [1.165, 1.54) is 14.3 Å². The van der Waals surface area contributed by atoms with Crippen LogP contribution in [0.3, 0.4) is 0 Å². The molecular formula is C20H19ClN4S3. The molecule has 5 rings (SSSR count). The first-order valence-electron chi connectivity index (χ1n) is 9.13. The molecule has 0 aliphatic carbocycles. The molecule has 1 aliphatic rings. The van der Waals surface area contributed by atoms with Crippen LogP contribution in [0, 0.1) is 6.92 Å². The number of aryl methyl sites for hydroxylation is 1. The Balaban J connectivity index is 1.36. The summed E-state index contributed by atoms with van der Waals surface area (Å²) in [5.41, 5.74) is 3.24. The lowest BCUT2D eigenvalue weighted by Crippen LogP contribution is -2.46. The van der Waals surface area contributed by atoms with Gasteiger partial charge in [0.15, 0.2) is 10.3 Å². The third-order valence-electron chi connectivity index (χ3n) is 5.15. The van der Waals surface area contributed by atoms with Crippen LogP contribution in [-0.2, 0) is 0 Å². The molecule has 0 spiro atoms. The van der Waals surface area contributed by atoms with E-state index in [1.54, 1.807) is 34.4 Å². The Kier molecular flexibility index (Phi) is 4.87. The number of rotatable bonds is 3. The lowest BCUT2D eigenvalue weighted by Gasteiger charge is -2.34. The van der Waals surface area contributed by atoms with Crippen molar-refractivity contribution in [2.24, 2.45) is 0 Å². The van der Waals surface area contributed by atoms with Crippen molar-refractivity contribution < 1.29 is 0 Å². The normalized spacial score (nSPS) is 15.1. The summed E-state index contributed by atoms with van der Waals surface area (Å²) in [6.07, 6.45) is 2.11. The van der Waals surface area contributed by atoms with E-state index in [1.807, 2.05) is 13.0 Å². The topological polar surface area (TPSA) is 32.3 Å². The second-order valence-corrected chi connectivity index (χ2v) is 10.1. The standard InChI is InChI=1S/C20H19ClN4S3/c1-12-13(21)6-7-16-17(12)22-19(28-16)24-8-10-25(11-9-24)20-23-18-14(26-2)4-3-5-15(18)27-20/h3-7H,8-11H2,1-2H3. The zero-order valence-electron chi connectivity index (χ0n) is 15.6. The highest BCUT2D eigenvalue weighted by Crippen LogP contribution is 2.36. The van der Waals surface area contributed by atoms with Crippen molar-refractivity contribution >= 4 is 76.7 Å². The SMILES string of the molecule is CSc1cccc2sc(N3CCN(c4nc5c(C)c(Cl)ccc5s4)CC3)nc12. The molecule has 144 valence electrons. The van der Waals surface area contributed by atoms with Crippen LogP contribution < -0.4 is 9.80 Å². The molecule has 0 atom stereocenters. The van der Waals surface area contributed by atoms with Crippen LogP contribution in [0.25, 0.3) is 20.4 Å². The zero-order chi connectivity index (χ0) is 19.3. The summed E-state index contributed by atoms with van der Waals surface area (Å²) in [5.74, 6) is 0. The zero-order valence-corrected chi connectivity index (χ0v) is 18.8. The van der Waals surface area contributed by atoms with Crippen LogP contribution in [0.2, 0.25) is 5.02 Å². The Bertz CT molecular complexity index is 1160. The number of thioether (sulfide) groups is 1. The Morgan fingerprint density at radius 2 is 1.50 bits per heavy atom. The number of para-hydroxylation sites is 1. The summed E-state index contributed by atoms with van der Waals surface area (Å²) < 4.78 is 2.47. The van der Waals surface area contributed by atoms with Crippen LogP contribution in [-0.4, -0.2) is 42.4 Å². The minimum atomic E-state index is 0.787. The highest BCUT2D eigenvalue weighted by atomic mass is 35.5. The van der Waals surface area contributed by atoms with Gasteiger partial charge in [-0.3, -0.25) is 0 Å². The summed E-state index contributed by atoms with van der Waals surface area (Å²) in [4.78, 5) is 15.9. The first-order chi connectivity index (χ1) is 13.6. The summed E-state index contributed by atoms with van der Waals surface area (Å²) in [5, 5.41) is 3.01. The van der Waals surface area contributed by atoms with Crippen LogP contribution in [0.15, 0.2) is 35.2 Å². The highest BCUT2D eigenvalue weighted by Gasteiger charge is 2.23. The molecule has 2 aromatic heterocycles. The van der Waals surface area contributed by atoms with E-state index in [0.29, 0.717) is 0 Å². The average molecular weight is 447 g/mol. The van der Waals surface area contributed by atoms with Gasteiger partial charge in [0.2, 0.25) is 0 Å². The number of aromatic nitrogens is 2. The van der Waals surface area contributed by atoms with Gasteiger partial charge in [-0.25, -0.2) is 9.97 Å². The van der Waals surface area contributed by atoms with Gasteiger partial charge in [0.05, 0.1) is 20.4 Å². The Labute approximate surface area is 181 Å². The molecule has 0 unspecified atom stereocenters. The van der Waals surface area contributed by atoms with Gasteiger partial charge in [0.1, 0.15) is 0 Å². The molecule has 0 N–H and O–H groups in total. The van der Waals surface area contributed by atoms with E-state index < -0.39 is 0 Å². The molecule has 0 radical (unpaired) electrons. The van der Waals surface area contributed by atoms with Crippen molar-refractivity contribution in [3.05, 3.63) is 40.9 Å². The summed E-state index contributed by atoms with van der Waals surface area (Å²) in [6.45, 7) is 5.88. The number of piperazine rings is 1. The maximum absolute atomic E-state index is 6.26. The fourth-order valence-corrected chi connectivity index (χ4v) is 6.43. The van der Waals surface area contributed by atoms with Gasteiger partial charge in [0.25, 0.3) is 0 Å². The molecule has 1 aliphatic heterocycles. The van der Waals surface area contributed by atoms with Crippen molar-refractivity contribution in [3.8, 4) is 0 Å². The monoisotopic (exact) mass is 446 g/mol. The minimum absolute atomic E-state index is 0.787. The number of nitrogens with zero attached hydrogens (tertiary/aromatic N) is 4. The lowest BCUT2D eigenvalue weighted by atomic mass is 10.2. The van der Waals surface area contributed by atoms with Crippen molar-refractivity contribution in [1.29, 1.82) is 0 Å². The molecule has 1 fully saturated rings. The van der Waals surface area contributed by atoms with E-state index in [0.717, 1.165) is 58.1 Å². The number of anilines is 2. The second kappa shape index (κ2) is 7.37. The quantitative estimate of drug-likeness (QED) is 0.365. The van der Waals surface area contributed by atoms with Crippen LogP contribution in [0.5, 0.6) is 0 Å². The molecule has 8 heteroatoms. The maximum Gasteiger partial charge on any atom is 0.186 e. The molecule has 0 saturated carbocycles. The molecule has 2 aromatic carbocycles. The van der Waals surface area contributed by atoms with Gasteiger partial charge in [0, 0.05) is 36.1 Å². The van der Waals surface area contributed by atoms with Crippen LogP contribution in [0.4, 0.5) is 10.3 Å². The largest absolute Gasteiger partial charge is 0.345 e. The van der Waals surface area contributed by atoms with E-state index in [9.17, 15) is 0 Å². The fourth-order valence-electron chi connectivity index (χ4n) is 3.52. The van der Waals surface area contributed by atoms with Crippen molar-refractivity contribution in [2.45, 2.75) is 11.8 Å². The fraction of sp³-hybridized carbons (Fsp3) is 0.300. The first-order valence-corrected chi connectivity index (χ1v) is 12.4.